The minimum atomic E-state index is -0.296. The molecular weight excluding hydrogens is 448 g/mol. The van der Waals surface area contributed by atoms with Crippen LogP contribution in [0.2, 0.25) is 0 Å². The summed E-state index contributed by atoms with van der Waals surface area (Å²) >= 11 is 1.69. The summed E-state index contributed by atoms with van der Waals surface area (Å²) in [5.41, 5.74) is 1.05. The third kappa shape index (κ3) is 3.58. The summed E-state index contributed by atoms with van der Waals surface area (Å²) in [5.74, 6) is 2.17. The molecule has 34 heavy (non-hydrogen) atoms. The van der Waals surface area contributed by atoms with E-state index in [0.29, 0.717) is 25.4 Å². The molecule has 2 aliphatic rings. The minimum absolute atomic E-state index is 0.0704. The number of nitrogens with zero attached hydrogens (tertiary/aromatic N) is 4. The molecule has 2 saturated heterocycles. The maximum atomic E-state index is 12.9. The van der Waals surface area contributed by atoms with Crippen LogP contribution in [0, 0.1) is 0 Å². The van der Waals surface area contributed by atoms with Gasteiger partial charge in [0.05, 0.1) is 17.2 Å². The van der Waals surface area contributed by atoms with Crippen LogP contribution < -0.4 is 0 Å². The molecule has 172 valence electrons. The number of thioether (sulfide) groups is 1. The largest absolute Gasteiger partial charge is 0.459 e. The SMILES string of the molecule is O=C1CSC2(CCN(C(=O)n3ccnc3)CC2)N1Cc1ccc(-c2cccc3ccccc23)o1. The normalized spacial score (nSPS) is 17.7. The molecule has 0 unspecified atom stereocenters. The van der Waals surface area contributed by atoms with E-state index in [0.717, 1.165) is 35.3 Å². The Kier molecular flexibility index (Phi) is 5.17. The van der Waals surface area contributed by atoms with E-state index in [-0.39, 0.29) is 16.8 Å². The number of imidazole rings is 1. The van der Waals surface area contributed by atoms with Crippen molar-refractivity contribution in [2.45, 2.75) is 24.3 Å². The van der Waals surface area contributed by atoms with Gasteiger partial charge in [-0.3, -0.25) is 9.36 Å². The molecule has 1 spiro atoms. The predicted molar refractivity (Wildman–Crippen MR) is 131 cm³/mol. The smallest absolute Gasteiger partial charge is 0.329 e. The van der Waals surface area contributed by atoms with Crippen molar-refractivity contribution in [1.29, 1.82) is 0 Å². The standard InChI is InChI=1S/C26H24N4O3S/c31-24-17-34-26(10-13-28(14-11-26)25(32)29-15-12-27-18-29)30(24)16-20-8-9-23(33-20)22-7-3-5-19-4-1-2-6-21(19)22/h1-9,12,15,18H,10-11,13-14,16-17H2. The third-order valence-electron chi connectivity index (χ3n) is 6.83. The van der Waals surface area contributed by atoms with Crippen LogP contribution in [0.4, 0.5) is 4.79 Å². The van der Waals surface area contributed by atoms with Crippen molar-refractivity contribution in [3.8, 4) is 11.3 Å². The Morgan fingerprint density at radius 3 is 2.71 bits per heavy atom. The summed E-state index contributed by atoms with van der Waals surface area (Å²) in [5, 5.41) is 2.31. The van der Waals surface area contributed by atoms with E-state index in [1.807, 2.05) is 40.1 Å². The van der Waals surface area contributed by atoms with E-state index in [1.54, 1.807) is 24.2 Å². The Morgan fingerprint density at radius 1 is 1.06 bits per heavy atom. The second kappa shape index (κ2) is 8.36. The number of piperidine rings is 1. The molecule has 0 radical (unpaired) electrons. The van der Waals surface area contributed by atoms with Gasteiger partial charge in [-0.2, -0.15) is 0 Å². The van der Waals surface area contributed by atoms with Crippen molar-refractivity contribution in [3.63, 3.8) is 0 Å². The van der Waals surface area contributed by atoms with Gasteiger partial charge in [0.1, 0.15) is 17.8 Å². The molecule has 2 aliphatic heterocycles. The van der Waals surface area contributed by atoms with E-state index in [2.05, 4.69) is 29.2 Å². The number of hydrogen-bond donors (Lipinski definition) is 0. The van der Waals surface area contributed by atoms with Gasteiger partial charge in [0.2, 0.25) is 5.91 Å². The van der Waals surface area contributed by atoms with Gasteiger partial charge in [-0.25, -0.2) is 9.78 Å². The number of rotatable bonds is 3. The van der Waals surface area contributed by atoms with Gasteiger partial charge in [0.15, 0.2) is 0 Å². The first-order valence-corrected chi connectivity index (χ1v) is 12.4. The highest BCUT2D eigenvalue weighted by Gasteiger charge is 2.48. The summed E-state index contributed by atoms with van der Waals surface area (Å²) in [4.78, 5) is 33.0. The Labute approximate surface area is 201 Å². The number of amides is 2. The molecule has 2 aromatic carbocycles. The van der Waals surface area contributed by atoms with E-state index in [9.17, 15) is 9.59 Å². The van der Waals surface area contributed by atoms with E-state index >= 15 is 0 Å². The summed E-state index contributed by atoms with van der Waals surface area (Å²) in [7, 11) is 0. The van der Waals surface area contributed by atoms with Crippen molar-refractivity contribution in [2.24, 2.45) is 0 Å². The zero-order valence-corrected chi connectivity index (χ0v) is 19.4. The summed E-state index contributed by atoms with van der Waals surface area (Å²) in [6, 6.07) is 18.3. The predicted octanol–water partition coefficient (Wildman–Crippen LogP) is 4.83. The number of carbonyl (C=O) groups excluding carboxylic acids is 2. The lowest BCUT2D eigenvalue weighted by molar-refractivity contribution is -0.132. The van der Waals surface area contributed by atoms with Crippen molar-refractivity contribution < 1.29 is 14.0 Å². The van der Waals surface area contributed by atoms with E-state index in [1.165, 1.54) is 16.3 Å². The molecule has 4 aromatic rings. The number of hydrogen-bond acceptors (Lipinski definition) is 5. The number of carbonyl (C=O) groups is 2. The van der Waals surface area contributed by atoms with Crippen molar-refractivity contribution in [2.75, 3.05) is 18.8 Å². The molecule has 8 heteroatoms. The van der Waals surface area contributed by atoms with E-state index in [4.69, 9.17) is 4.42 Å². The molecule has 0 bridgehead atoms. The van der Waals surface area contributed by atoms with Gasteiger partial charge < -0.3 is 14.2 Å². The maximum Gasteiger partial charge on any atom is 0.329 e. The van der Waals surface area contributed by atoms with Crippen LogP contribution in [-0.4, -0.2) is 55.0 Å². The second-order valence-corrected chi connectivity index (χ2v) is 10.1. The van der Waals surface area contributed by atoms with Crippen LogP contribution in [0.25, 0.3) is 22.1 Å². The number of benzene rings is 2. The monoisotopic (exact) mass is 472 g/mol. The van der Waals surface area contributed by atoms with E-state index < -0.39 is 0 Å². The molecule has 2 amide bonds. The van der Waals surface area contributed by atoms with Crippen LogP contribution in [0.15, 0.2) is 77.7 Å². The van der Waals surface area contributed by atoms with Crippen molar-refractivity contribution in [1.82, 2.24) is 19.4 Å². The van der Waals surface area contributed by atoms with Crippen LogP contribution >= 0.6 is 11.8 Å². The van der Waals surface area contributed by atoms with Crippen LogP contribution in [0.3, 0.4) is 0 Å². The molecule has 2 aromatic heterocycles. The third-order valence-corrected chi connectivity index (χ3v) is 8.39. The molecule has 4 heterocycles. The Morgan fingerprint density at radius 2 is 1.88 bits per heavy atom. The first kappa shape index (κ1) is 21.0. The number of fused-ring (bicyclic) bond motifs is 1. The average Bonchev–Trinajstić information content (AvgIpc) is 3.63. The molecule has 2 fully saturated rings. The Hall–Kier alpha value is -3.52. The zero-order chi connectivity index (χ0) is 23.1. The highest BCUT2D eigenvalue weighted by molar-refractivity contribution is 8.01. The van der Waals surface area contributed by atoms with Gasteiger partial charge >= 0.3 is 6.03 Å². The van der Waals surface area contributed by atoms with Gasteiger partial charge in [-0.15, -0.1) is 11.8 Å². The zero-order valence-electron chi connectivity index (χ0n) is 18.6. The molecule has 0 saturated carbocycles. The lowest BCUT2D eigenvalue weighted by Gasteiger charge is -2.43. The lowest BCUT2D eigenvalue weighted by atomic mass is 10.0. The molecule has 0 N–H and O–H groups in total. The first-order chi connectivity index (χ1) is 16.6. The summed E-state index contributed by atoms with van der Waals surface area (Å²) < 4.78 is 7.75. The first-order valence-electron chi connectivity index (χ1n) is 11.4. The quantitative estimate of drug-likeness (QED) is 0.427. The minimum Gasteiger partial charge on any atom is -0.459 e. The summed E-state index contributed by atoms with van der Waals surface area (Å²) in [6.45, 7) is 1.65. The number of aromatic nitrogens is 2. The van der Waals surface area contributed by atoms with Crippen LogP contribution in [-0.2, 0) is 11.3 Å². The fourth-order valence-electron chi connectivity index (χ4n) is 5.01. The molecule has 6 rings (SSSR count). The average molecular weight is 473 g/mol. The molecular formula is C26H24N4O3S. The van der Waals surface area contributed by atoms with Gasteiger partial charge in [0.25, 0.3) is 0 Å². The van der Waals surface area contributed by atoms with Gasteiger partial charge in [0, 0.05) is 31.0 Å². The van der Waals surface area contributed by atoms with Crippen molar-refractivity contribution >= 4 is 34.5 Å². The Balaban J connectivity index is 1.20. The van der Waals surface area contributed by atoms with Crippen molar-refractivity contribution in [3.05, 3.63) is 79.1 Å². The molecule has 0 aliphatic carbocycles. The number of furan rings is 1. The van der Waals surface area contributed by atoms with Gasteiger partial charge in [-0.1, -0.05) is 42.5 Å². The fourth-order valence-corrected chi connectivity index (χ4v) is 6.35. The van der Waals surface area contributed by atoms with Crippen LogP contribution in [0.5, 0.6) is 0 Å². The van der Waals surface area contributed by atoms with Gasteiger partial charge in [-0.05, 0) is 35.7 Å². The maximum absolute atomic E-state index is 12.9. The molecule has 0 atom stereocenters. The molecule has 7 nitrogen and oxygen atoms in total. The summed E-state index contributed by atoms with van der Waals surface area (Å²) in [6.07, 6.45) is 6.27. The number of likely N-dealkylation sites (tertiary alicyclic amines) is 1. The Bertz CT molecular complexity index is 1350. The highest BCUT2D eigenvalue weighted by Crippen LogP contribution is 2.45. The lowest BCUT2D eigenvalue weighted by Crippen LogP contribution is -2.53. The topological polar surface area (TPSA) is 71.6 Å². The second-order valence-electron chi connectivity index (χ2n) is 8.75. The fraction of sp³-hybridized carbons (Fsp3) is 0.269. The van der Waals surface area contributed by atoms with Crippen LogP contribution in [0.1, 0.15) is 18.6 Å². The highest BCUT2D eigenvalue weighted by atomic mass is 32.2.